The van der Waals surface area contributed by atoms with E-state index in [4.69, 9.17) is 0 Å². The van der Waals surface area contributed by atoms with Gasteiger partial charge < -0.3 is 4.79 Å². The van der Waals surface area contributed by atoms with Crippen LogP contribution in [0.5, 0.6) is 0 Å². The lowest BCUT2D eigenvalue weighted by Crippen LogP contribution is -1.61. The van der Waals surface area contributed by atoms with Crippen molar-refractivity contribution in [2.75, 3.05) is 0 Å². The Morgan fingerprint density at radius 2 is 1.83 bits per heavy atom. The zero-order valence-corrected chi connectivity index (χ0v) is 4.69. The lowest BCUT2D eigenvalue weighted by molar-refractivity contribution is -0.106. The maximum atomic E-state index is 9.21. The zero-order valence-electron chi connectivity index (χ0n) is 2.69. The summed E-state index contributed by atoms with van der Waals surface area (Å²) in [6.45, 7) is 0. The second kappa shape index (κ2) is 16.4. The fourth-order valence-corrected chi connectivity index (χ4v) is 0. The smallest absolute Gasteiger partial charge is 0.304 e. The van der Waals surface area contributed by atoms with Crippen molar-refractivity contribution in [1.82, 2.24) is 0 Å². The van der Waals surface area contributed by atoms with E-state index in [0.717, 1.165) is 22.6 Å². The average molecular weight is 130 g/mol. The van der Waals surface area contributed by atoms with Crippen LogP contribution in [0.4, 0.5) is 0 Å². The van der Waals surface area contributed by atoms with Gasteiger partial charge in [0.2, 0.25) is 0 Å². The number of carbonyl (C=O) groups is 1. The van der Waals surface area contributed by atoms with E-state index >= 15 is 0 Å². The summed E-state index contributed by atoms with van der Waals surface area (Å²) in [5.74, 6) is 0. The van der Waals surface area contributed by atoms with Crippen LogP contribution >= 0.6 is 0 Å². The largest absolute Gasteiger partial charge is 0.316 e. The van der Waals surface area contributed by atoms with E-state index in [-0.39, 0.29) is 40.4 Å². The highest BCUT2D eigenvalue weighted by molar-refractivity contribution is 6.15. The van der Waals surface area contributed by atoms with Crippen LogP contribution in [-0.2, 0) is 4.79 Å². The minimum absolute atomic E-state index is 0. The maximum Gasteiger partial charge on any atom is 0.316 e. The first kappa shape index (κ1) is 15.7. The number of carbonyl (C=O) groups excluding carboxylic acids is 1. The molecule has 34 valence electrons. The van der Waals surface area contributed by atoms with E-state index in [1.807, 2.05) is 0 Å². The molecular weight excluding hydrogens is 119 g/mol. The first-order valence-corrected chi connectivity index (χ1v) is 2.77. The molecule has 0 N–H and O–H groups in total. The van der Waals surface area contributed by atoms with Gasteiger partial charge in [0.25, 0.3) is 0 Å². The summed E-state index contributed by atoms with van der Waals surface area (Å²) in [4.78, 5) is 9.21. The molecule has 0 aliphatic carbocycles. The normalized spacial score (nSPS) is 4.67. The van der Waals surface area contributed by atoms with Crippen LogP contribution in [0.3, 0.4) is 0 Å². The summed E-state index contributed by atoms with van der Waals surface area (Å²) in [5, 5.41) is 0. The molecule has 0 rings (SSSR count). The van der Waals surface area contributed by atoms with Gasteiger partial charge in [-0.1, -0.05) is 0 Å². The Bertz CT molecular complexity index is 27.5. The SMILES string of the molecule is O=CC[SiH3].[AlH3].[MgH2]. The quantitative estimate of drug-likeness (QED) is 0.271. The van der Waals surface area contributed by atoms with Gasteiger partial charge in [-0.2, -0.15) is 0 Å². The Labute approximate surface area is 67.6 Å². The first-order valence-electron chi connectivity index (χ1n) is 1.35. The molecule has 0 fully saturated rings. The molecule has 0 saturated carbocycles. The molecule has 0 aromatic heterocycles. The predicted octanol–water partition coefficient (Wildman–Crippen LogP) is -3.13. The number of hydrogen-bond donors (Lipinski definition) is 0. The second-order valence-electron chi connectivity index (χ2n) is 0.575. The van der Waals surface area contributed by atoms with E-state index in [1.165, 1.54) is 0 Å². The molecule has 0 bridgehead atoms. The third-order valence-electron chi connectivity index (χ3n) is 0.167. The Hall–Kier alpha value is 1.19. The molecule has 0 atom stereocenters. The molecule has 1 nitrogen and oxygen atoms in total. The zero-order chi connectivity index (χ0) is 3.41. The van der Waals surface area contributed by atoms with Gasteiger partial charge in [0.1, 0.15) is 6.29 Å². The summed E-state index contributed by atoms with van der Waals surface area (Å²) >= 11 is 0. The Morgan fingerprint density at radius 1 is 1.67 bits per heavy atom. The van der Waals surface area contributed by atoms with E-state index < -0.39 is 0 Å². The average Bonchev–Trinajstić information content (AvgIpc) is 1.37. The van der Waals surface area contributed by atoms with Crippen molar-refractivity contribution < 1.29 is 4.79 Å². The van der Waals surface area contributed by atoms with Gasteiger partial charge in [0.05, 0.1) is 0 Å². The van der Waals surface area contributed by atoms with Crippen LogP contribution in [0, 0.1) is 0 Å². The summed E-state index contributed by atoms with van der Waals surface area (Å²) in [6.07, 6.45) is 0.937. The Morgan fingerprint density at radius 3 is 1.83 bits per heavy atom. The van der Waals surface area contributed by atoms with Crippen molar-refractivity contribution in [2.24, 2.45) is 0 Å². The van der Waals surface area contributed by atoms with Gasteiger partial charge in [-0.15, -0.1) is 0 Å². The summed E-state index contributed by atoms with van der Waals surface area (Å²) in [6, 6.07) is 0.778. The van der Waals surface area contributed by atoms with Crippen molar-refractivity contribution in [3.8, 4) is 0 Å². The van der Waals surface area contributed by atoms with Gasteiger partial charge in [0, 0.05) is 10.2 Å². The van der Waals surface area contributed by atoms with Crippen molar-refractivity contribution in [2.45, 2.75) is 6.04 Å². The highest BCUT2D eigenvalue weighted by Gasteiger charge is 1.53. The molecule has 0 saturated heterocycles. The summed E-state index contributed by atoms with van der Waals surface area (Å²) in [7, 11) is 1.02. The van der Waals surface area contributed by atoms with Crippen molar-refractivity contribution in [1.29, 1.82) is 0 Å². The molecule has 0 aromatic carbocycles. The fourth-order valence-electron chi connectivity index (χ4n) is 0. The highest BCUT2D eigenvalue weighted by Crippen LogP contribution is 1.46. The van der Waals surface area contributed by atoms with E-state index in [0.29, 0.717) is 0 Å². The lowest BCUT2D eigenvalue weighted by Gasteiger charge is -1.50. The minimum atomic E-state index is 0. The van der Waals surface area contributed by atoms with Crippen LogP contribution in [0.2, 0.25) is 6.04 Å². The van der Waals surface area contributed by atoms with Gasteiger partial charge in [-0.25, -0.2) is 0 Å². The Balaban J connectivity index is -0.0000000450. The van der Waals surface area contributed by atoms with Gasteiger partial charge >= 0.3 is 23.1 Å². The molecule has 4 heteroatoms. The van der Waals surface area contributed by atoms with E-state index in [1.54, 1.807) is 0 Å². The number of hydrogen-bond acceptors (Lipinski definition) is 1. The third-order valence-corrected chi connectivity index (χ3v) is 0.500. The van der Waals surface area contributed by atoms with Crippen molar-refractivity contribution in [3.63, 3.8) is 0 Å². The van der Waals surface area contributed by atoms with Crippen molar-refractivity contribution >= 4 is 56.9 Å². The number of rotatable bonds is 1. The van der Waals surface area contributed by atoms with E-state index in [9.17, 15) is 4.79 Å². The molecule has 0 radical (unpaired) electrons. The molecule has 6 heavy (non-hydrogen) atoms. The van der Waals surface area contributed by atoms with Crippen LogP contribution in [0.25, 0.3) is 0 Å². The van der Waals surface area contributed by atoms with Crippen molar-refractivity contribution in [3.05, 3.63) is 0 Å². The predicted molar refractivity (Wildman–Crippen MR) is 39.3 cm³/mol. The van der Waals surface area contributed by atoms with Gasteiger partial charge in [-0.3, -0.25) is 0 Å². The molecule has 0 amide bonds. The molecule has 0 heterocycles. The van der Waals surface area contributed by atoms with Crippen LogP contribution in [0.15, 0.2) is 0 Å². The second-order valence-corrected chi connectivity index (χ2v) is 1.39. The molecule has 0 aromatic rings. The molecule has 0 aliphatic rings. The van der Waals surface area contributed by atoms with Crippen LogP contribution in [0.1, 0.15) is 0 Å². The molecule has 0 unspecified atom stereocenters. The van der Waals surface area contributed by atoms with Gasteiger partial charge in [-0.05, 0) is 6.04 Å². The van der Waals surface area contributed by atoms with Crippen LogP contribution in [-0.4, -0.2) is 56.9 Å². The van der Waals surface area contributed by atoms with Gasteiger partial charge in [0.15, 0.2) is 17.4 Å². The monoisotopic (exact) mass is 130 g/mol. The summed E-state index contributed by atoms with van der Waals surface area (Å²) in [5.41, 5.74) is 0. The fraction of sp³-hybridized carbons (Fsp3) is 0.500. The standard InChI is InChI=1S/C2H6OSi.Al.Mg.5H/c3-1-2-4;;;;;;;/h1H,2H2,4H3;;;;;;;. The van der Waals surface area contributed by atoms with Crippen LogP contribution < -0.4 is 0 Å². The summed E-state index contributed by atoms with van der Waals surface area (Å²) < 4.78 is 0. The Kier molecular flexibility index (Phi) is 42.9. The minimum Gasteiger partial charge on any atom is -0.304 e. The third kappa shape index (κ3) is 19.0. The first-order chi connectivity index (χ1) is 1.91. The topological polar surface area (TPSA) is 17.1 Å². The highest BCUT2D eigenvalue weighted by atomic mass is 28.1. The molecule has 0 aliphatic heterocycles. The lowest BCUT2D eigenvalue weighted by atomic mass is 10.9. The number of aldehydes is 1. The van der Waals surface area contributed by atoms with E-state index in [2.05, 4.69) is 0 Å². The maximum absolute atomic E-state index is 9.21. The molecule has 0 spiro atoms. The molecular formula is C2H11AlMgOSi.